The molecule has 2 rings (SSSR count). The van der Waals surface area contributed by atoms with E-state index < -0.39 is 23.8 Å². The van der Waals surface area contributed by atoms with Gasteiger partial charge in [-0.1, -0.05) is 37.3 Å². The number of carbonyl (C=O) groups is 3. The fourth-order valence-corrected chi connectivity index (χ4v) is 4.18. The first-order chi connectivity index (χ1) is 15.9. The summed E-state index contributed by atoms with van der Waals surface area (Å²) in [6.07, 6.45) is 10.0. The Kier molecular flexibility index (Phi) is 9.55. The van der Waals surface area contributed by atoms with Gasteiger partial charge in [0.1, 0.15) is 17.7 Å². The molecule has 2 atom stereocenters. The summed E-state index contributed by atoms with van der Waals surface area (Å²) in [4.78, 5) is 41.0. The van der Waals surface area contributed by atoms with Crippen molar-refractivity contribution in [1.82, 2.24) is 15.5 Å². The fraction of sp³-hybridized carbons (Fsp3) is 0.593. The van der Waals surface area contributed by atoms with Crippen LogP contribution in [0.25, 0.3) is 0 Å². The minimum atomic E-state index is -0.882. The monoisotopic (exact) mass is 469 g/mol. The van der Waals surface area contributed by atoms with Crippen LogP contribution in [-0.4, -0.2) is 46.5 Å². The molecule has 1 aromatic carbocycles. The van der Waals surface area contributed by atoms with E-state index >= 15 is 0 Å². The molecule has 0 aliphatic heterocycles. The van der Waals surface area contributed by atoms with Crippen LogP contribution in [0, 0.1) is 12.3 Å². The smallest absolute Gasteiger partial charge is 0.408 e. The Morgan fingerprint density at radius 3 is 2.15 bits per heavy atom. The summed E-state index contributed by atoms with van der Waals surface area (Å²) in [6.45, 7) is 10.6. The average Bonchev–Trinajstić information content (AvgIpc) is 2.76. The number of benzene rings is 1. The van der Waals surface area contributed by atoms with Gasteiger partial charge in [0.15, 0.2) is 0 Å². The summed E-state index contributed by atoms with van der Waals surface area (Å²) in [6, 6.07) is 5.16. The molecule has 0 spiro atoms. The molecule has 0 aromatic heterocycles. The third kappa shape index (κ3) is 7.79. The van der Waals surface area contributed by atoms with Crippen LogP contribution in [-0.2, 0) is 14.3 Å². The lowest BCUT2D eigenvalue weighted by molar-refractivity contribution is -0.144. The Balaban J connectivity index is 2.34. The zero-order valence-corrected chi connectivity index (χ0v) is 21.3. The molecule has 1 aromatic rings. The zero-order valence-electron chi connectivity index (χ0n) is 21.3. The van der Waals surface area contributed by atoms with Crippen LogP contribution in [0.1, 0.15) is 90.8 Å². The first-order valence-corrected chi connectivity index (χ1v) is 12.1. The molecule has 1 fully saturated rings. The number of ether oxygens (including phenoxy) is 1. The van der Waals surface area contributed by atoms with E-state index in [2.05, 4.69) is 16.6 Å². The first kappa shape index (κ1) is 27.2. The summed E-state index contributed by atoms with van der Waals surface area (Å²) in [5.74, 6) is 1.98. The number of alkyl carbamates (subject to hydrolysis) is 1. The first-order valence-electron chi connectivity index (χ1n) is 12.1. The average molecular weight is 470 g/mol. The van der Waals surface area contributed by atoms with Crippen LogP contribution in [0.15, 0.2) is 24.3 Å². The minimum Gasteiger partial charge on any atom is -0.444 e. The topological polar surface area (TPSA) is 87.7 Å². The van der Waals surface area contributed by atoms with Gasteiger partial charge in [-0.15, -0.1) is 6.42 Å². The van der Waals surface area contributed by atoms with Crippen molar-refractivity contribution < 1.29 is 19.1 Å². The van der Waals surface area contributed by atoms with Crippen molar-refractivity contribution in [3.63, 3.8) is 0 Å². The van der Waals surface area contributed by atoms with Crippen LogP contribution in [0.5, 0.6) is 0 Å². The van der Waals surface area contributed by atoms with Gasteiger partial charge in [-0.05, 0) is 72.1 Å². The third-order valence-electron chi connectivity index (χ3n) is 5.79. The van der Waals surface area contributed by atoms with Gasteiger partial charge >= 0.3 is 6.09 Å². The molecule has 1 aliphatic rings. The summed E-state index contributed by atoms with van der Waals surface area (Å²) < 4.78 is 5.30. The number of hydrogen-bond acceptors (Lipinski definition) is 4. The number of nitrogens with zero attached hydrogens (tertiary/aromatic N) is 1. The van der Waals surface area contributed by atoms with Crippen molar-refractivity contribution in [3.05, 3.63) is 35.4 Å². The Labute approximate surface area is 204 Å². The lowest BCUT2D eigenvalue weighted by atomic mass is 9.94. The molecule has 7 nitrogen and oxygen atoms in total. The molecule has 0 heterocycles. The van der Waals surface area contributed by atoms with Gasteiger partial charge in [-0.25, -0.2) is 4.79 Å². The van der Waals surface area contributed by atoms with Crippen LogP contribution >= 0.6 is 0 Å². The van der Waals surface area contributed by atoms with Gasteiger partial charge in [0, 0.05) is 17.6 Å². The van der Waals surface area contributed by atoms with Crippen LogP contribution in [0.3, 0.4) is 0 Å². The van der Waals surface area contributed by atoms with E-state index in [1.165, 1.54) is 11.3 Å². The number of carbonyl (C=O) groups excluding carboxylic acids is 3. The highest BCUT2D eigenvalue weighted by atomic mass is 16.6. The molecule has 0 saturated heterocycles. The molecular formula is C27H39N3O4. The lowest BCUT2D eigenvalue weighted by Gasteiger charge is -2.37. The summed E-state index contributed by atoms with van der Waals surface area (Å²) in [5.41, 5.74) is 0.669. The standard InChI is InChI=1S/C27H39N3O4/c1-8-20-14-16-21(17-15-20)23(24(31)29-22-12-10-9-11-13-22)30(18(2)3)25(32)19(4)28-26(33)34-27(5,6)7/h1,14-19,22-23H,9-13H2,2-7H3,(H,28,33)(H,29,31). The summed E-state index contributed by atoms with van der Waals surface area (Å²) in [5, 5.41) is 5.77. The van der Waals surface area contributed by atoms with E-state index in [0.29, 0.717) is 11.1 Å². The van der Waals surface area contributed by atoms with Crippen molar-refractivity contribution in [2.45, 2.75) is 103 Å². The molecule has 0 radical (unpaired) electrons. The number of terminal acetylenes is 1. The maximum Gasteiger partial charge on any atom is 0.408 e. The Morgan fingerprint density at radius 1 is 1.06 bits per heavy atom. The highest BCUT2D eigenvalue weighted by Gasteiger charge is 2.37. The lowest BCUT2D eigenvalue weighted by Crippen LogP contribution is -2.55. The molecule has 34 heavy (non-hydrogen) atoms. The van der Waals surface area contributed by atoms with Crippen molar-refractivity contribution in [2.24, 2.45) is 0 Å². The largest absolute Gasteiger partial charge is 0.444 e. The maximum absolute atomic E-state index is 13.6. The molecule has 186 valence electrons. The highest BCUT2D eigenvalue weighted by molar-refractivity contribution is 5.92. The van der Waals surface area contributed by atoms with E-state index in [4.69, 9.17) is 11.2 Å². The molecule has 1 saturated carbocycles. The third-order valence-corrected chi connectivity index (χ3v) is 5.79. The van der Waals surface area contributed by atoms with Gasteiger partial charge in [-0.3, -0.25) is 9.59 Å². The second kappa shape index (κ2) is 11.9. The van der Waals surface area contributed by atoms with E-state index in [9.17, 15) is 14.4 Å². The van der Waals surface area contributed by atoms with E-state index in [1.807, 2.05) is 13.8 Å². The highest BCUT2D eigenvalue weighted by Crippen LogP contribution is 2.27. The molecular weight excluding hydrogens is 430 g/mol. The molecule has 2 unspecified atom stereocenters. The predicted octanol–water partition coefficient (Wildman–Crippen LogP) is 4.31. The van der Waals surface area contributed by atoms with Gasteiger partial charge in [0.25, 0.3) is 0 Å². The van der Waals surface area contributed by atoms with Crippen LogP contribution < -0.4 is 10.6 Å². The van der Waals surface area contributed by atoms with Gasteiger partial charge < -0.3 is 20.3 Å². The number of amides is 3. The fourth-order valence-electron chi connectivity index (χ4n) is 4.18. The van der Waals surface area contributed by atoms with Crippen molar-refractivity contribution >= 4 is 17.9 Å². The van der Waals surface area contributed by atoms with Gasteiger partial charge in [0.2, 0.25) is 11.8 Å². The van der Waals surface area contributed by atoms with Crippen LogP contribution in [0.4, 0.5) is 4.79 Å². The second-order valence-electron chi connectivity index (χ2n) is 10.2. The van der Waals surface area contributed by atoms with E-state index in [-0.39, 0.29) is 23.9 Å². The zero-order chi connectivity index (χ0) is 25.5. The summed E-state index contributed by atoms with van der Waals surface area (Å²) in [7, 11) is 0. The molecule has 7 heteroatoms. The quantitative estimate of drug-likeness (QED) is 0.583. The van der Waals surface area contributed by atoms with Gasteiger partial charge in [-0.2, -0.15) is 0 Å². The normalized spacial score (nSPS) is 16.2. The molecule has 1 aliphatic carbocycles. The predicted molar refractivity (Wildman–Crippen MR) is 133 cm³/mol. The van der Waals surface area contributed by atoms with E-state index in [1.54, 1.807) is 52.0 Å². The minimum absolute atomic E-state index is 0.0927. The molecule has 0 bridgehead atoms. The second-order valence-corrected chi connectivity index (χ2v) is 10.2. The molecule has 3 amide bonds. The molecule has 2 N–H and O–H groups in total. The maximum atomic E-state index is 13.6. The van der Waals surface area contributed by atoms with Crippen molar-refractivity contribution in [1.29, 1.82) is 0 Å². The Hall–Kier alpha value is -3.01. The number of nitrogens with one attached hydrogen (secondary N) is 2. The van der Waals surface area contributed by atoms with Crippen molar-refractivity contribution in [2.75, 3.05) is 0 Å². The summed E-state index contributed by atoms with van der Waals surface area (Å²) >= 11 is 0. The number of hydrogen-bond donors (Lipinski definition) is 2. The Bertz CT molecular complexity index is 890. The van der Waals surface area contributed by atoms with Crippen LogP contribution in [0.2, 0.25) is 0 Å². The SMILES string of the molecule is C#Cc1ccc(C(C(=O)NC2CCCCC2)N(C(=O)C(C)NC(=O)OC(C)(C)C)C(C)C)cc1. The van der Waals surface area contributed by atoms with E-state index in [0.717, 1.165) is 25.7 Å². The van der Waals surface area contributed by atoms with Crippen molar-refractivity contribution in [3.8, 4) is 12.3 Å². The van der Waals surface area contributed by atoms with Gasteiger partial charge in [0.05, 0.1) is 0 Å². The Morgan fingerprint density at radius 2 is 1.65 bits per heavy atom. The number of rotatable bonds is 7.